The first kappa shape index (κ1) is 14.9. The number of fused-ring (bicyclic) bond motifs is 1. The molecule has 2 rings (SSSR count). The van der Waals surface area contributed by atoms with Crippen molar-refractivity contribution in [3.63, 3.8) is 0 Å². The van der Waals surface area contributed by atoms with E-state index in [0.29, 0.717) is 6.07 Å². The molecule has 0 aliphatic carbocycles. The second-order valence-corrected chi connectivity index (χ2v) is 6.37. The van der Waals surface area contributed by atoms with Gasteiger partial charge in [0.15, 0.2) is 0 Å². The number of benzene rings is 1. The predicted octanol–water partition coefficient (Wildman–Crippen LogP) is 2.87. The van der Waals surface area contributed by atoms with Crippen LogP contribution in [0.15, 0.2) is 29.3 Å². The lowest BCUT2D eigenvalue weighted by Crippen LogP contribution is -2.30. The van der Waals surface area contributed by atoms with Crippen molar-refractivity contribution in [1.29, 1.82) is 0 Å². The molecule has 0 fully saturated rings. The van der Waals surface area contributed by atoms with Crippen LogP contribution in [0.3, 0.4) is 0 Å². The first-order valence-corrected chi connectivity index (χ1v) is 7.30. The highest BCUT2D eigenvalue weighted by atomic mass is 32.2. The van der Waals surface area contributed by atoms with Gasteiger partial charge in [0.1, 0.15) is 0 Å². The second-order valence-electron chi connectivity index (χ2n) is 4.69. The van der Waals surface area contributed by atoms with Crippen LogP contribution < -0.4 is 4.72 Å². The van der Waals surface area contributed by atoms with Crippen LogP contribution in [0.1, 0.15) is 19.4 Å². The van der Waals surface area contributed by atoms with E-state index < -0.39 is 27.8 Å². The fourth-order valence-electron chi connectivity index (χ4n) is 1.89. The molecule has 0 saturated carbocycles. The minimum atomic E-state index is -4.61. The Labute approximate surface area is 114 Å². The zero-order valence-electron chi connectivity index (χ0n) is 10.7. The normalized spacial score (nSPS) is 13.3. The molecule has 0 aliphatic rings. The molecule has 4 nitrogen and oxygen atoms in total. The van der Waals surface area contributed by atoms with Gasteiger partial charge in [-0.3, -0.25) is 0 Å². The average Bonchev–Trinajstić information content (AvgIpc) is 2.71. The van der Waals surface area contributed by atoms with Crippen LogP contribution >= 0.6 is 0 Å². The van der Waals surface area contributed by atoms with E-state index in [1.807, 2.05) is 0 Å². The van der Waals surface area contributed by atoms with Gasteiger partial charge < -0.3 is 4.98 Å². The van der Waals surface area contributed by atoms with E-state index in [-0.39, 0.29) is 15.8 Å². The molecule has 0 unspecified atom stereocenters. The molecule has 110 valence electrons. The van der Waals surface area contributed by atoms with Crippen molar-refractivity contribution in [2.24, 2.45) is 0 Å². The summed E-state index contributed by atoms with van der Waals surface area (Å²) >= 11 is 0. The number of hydrogen-bond acceptors (Lipinski definition) is 2. The Balaban J connectivity index is 2.71. The Bertz CT molecular complexity index is 733. The summed E-state index contributed by atoms with van der Waals surface area (Å²) in [6, 6.07) is 2.57. The number of halogens is 3. The Morgan fingerprint density at radius 3 is 2.45 bits per heavy atom. The Kier molecular flexibility index (Phi) is 3.55. The van der Waals surface area contributed by atoms with Gasteiger partial charge in [-0.15, -0.1) is 0 Å². The lowest BCUT2D eigenvalue weighted by Gasteiger charge is -2.13. The van der Waals surface area contributed by atoms with E-state index in [4.69, 9.17) is 0 Å². The number of alkyl halides is 3. The minimum Gasteiger partial charge on any atom is -0.361 e. The Morgan fingerprint density at radius 1 is 1.25 bits per heavy atom. The minimum absolute atomic E-state index is 0.129. The highest BCUT2D eigenvalue weighted by Crippen LogP contribution is 2.34. The lowest BCUT2D eigenvalue weighted by molar-refractivity contribution is -0.137. The van der Waals surface area contributed by atoms with Crippen LogP contribution in [0.5, 0.6) is 0 Å². The van der Waals surface area contributed by atoms with Gasteiger partial charge in [0.05, 0.1) is 10.5 Å². The van der Waals surface area contributed by atoms with Crippen LogP contribution in [0.4, 0.5) is 13.2 Å². The average molecular weight is 306 g/mol. The smallest absolute Gasteiger partial charge is 0.361 e. The fourth-order valence-corrected chi connectivity index (χ4v) is 3.39. The number of H-pyrrole nitrogens is 1. The van der Waals surface area contributed by atoms with Gasteiger partial charge >= 0.3 is 6.18 Å². The van der Waals surface area contributed by atoms with Crippen molar-refractivity contribution < 1.29 is 21.6 Å². The lowest BCUT2D eigenvalue weighted by atomic mass is 10.1. The summed E-state index contributed by atoms with van der Waals surface area (Å²) in [4.78, 5) is 2.23. The third kappa shape index (κ3) is 2.80. The molecule has 8 heteroatoms. The van der Waals surface area contributed by atoms with Crippen LogP contribution in [0.25, 0.3) is 10.9 Å². The van der Waals surface area contributed by atoms with E-state index in [9.17, 15) is 21.6 Å². The summed E-state index contributed by atoms with van der Waals surface area (Å²) in [6.45, 7) is 3.19. The standard InChI is InChI=1S/C12H13F3N2O2S/c1-7(2)17-20(18,19)11-6-8(12(13,14)15)5-10-9(11)3-4-16-10/h3-7,16-17H,1-2H3. The van der Waals surface area contributed by atoms with Gasteiger partial charge in [-0.05, 0) is 32.0 Å². The van der Waals surface area contributed by atoms with Gasteiger partial charge in [-0.25, -0.2) is 13.1 Å². The highest BCUT2D eigenvalue weighted by molar-refractivity contribution is 7.89. The maximum Gasteiger partial charge on any atom is 0.416 e. The Hall–Kier alpha value is -1.54. The monoisotopic (exact) mass is 306 g/mol. The quantitative estimate of drug-likeness (QED) is 0.916. The molecular formula is C12H13F3N2O2S. The van der Waals surface area contributed by atoms with Crippen LogP contribution in [0, 0.1) is 0 Å². The Morgan fingerprint density at radius 2 is 1.90 bits per heavy atom. The van der Waals surface area contributed by atoms with Crippen LogP contribution in [0.2, 0.25) is 0 Å². The summed E-state index contributed by atoms with van der Waals surface area (Å²) in [6.07, 6.45) is -3.21. The second kappa shape index (κ2) is 4.78. The largest absolute Gasteiger partial charge is 0.416 e. The maximum absolute atomic E-state index is 12.8. The molecule has 2 aromatic rings. The molecule has 0 radical (unpaired) electrons. The van der Waals surface area contributed by atoms with E-state index in [1.165, 1.54) is 12.3 Å². The van der Waals surface area contributed by atoms with Gasteiger partial charge in [0.2, 0.25) is 10.0 Å². The molecule has 0 spiro atoms. The van der Waals surface area contributed by atoms with Crippen molar-refractivity contribution in [2.75, 3.05) is 0 Å². The van der Waals surface area contributed by atoms with E-state index in [0.717, 1.165) is 6.07 Å². The predicted molar refractivity (Wildman–Crippen MR) is 68.8 cm³/mol. The van der Waals surface area contributed by atoms with Crippen molar-refractivity contribution in [1.82, 2.24) is 9.71 Å². The summed E-state index contributed by atoms with van der Waals surface area (Å²) in [7, 11) is -4.01. The first-order valence-electron chi connectivity index (χ1n) is 5.82. The van der Waals surface area contributed by atoms with Crippen molar-refractivity contribution in [3.8, 4) is 0 Å². The topological polar surface area (TPSA) is 62.0 Å². The number of rotatable bonds is 3. The van der Waals surface area contributed by atoms with Crippen LogP contribution in [-0.4, -0.2) is 19.4 Å². The number of sulfonamides is 1. The first-order chi connectivity index (χ1) is 9.11. The SMILES string of the molecule is CC(C)NS(=O)(=O)c1cc(C(F)(F)F)cc2[nH]ccc12. The maximum atomic E-state index is 12.8. The molecule has 0 saturated heterocycles. The van der Waals surface area contributed by atoms with Crippen molar-refractivity contribution in [2.45, 2.75) is 31.0 Å². The molecule has 20 heavy (non-hydrogen) atoms. The molecule has 0 bridgehead atoms. The van der Waals surface area contributed by atoms with E-state index >= 15 is 0 Å². The molecule has 0 atom stereocenters. The van der Waals surface area contributed by atoms with E-state index in [2.05, 4.69) is 9.71 Å². The molecule has 1 heterocycles. The third-order valence-corrected chi connectivity index (χ3v) is 4.34. The zero-order valence-corrected chi connectivity index (χ0v) is 11.6. The number of nitrogens with one attached hydrogen (secondary N) is 2. The van der Waals surface area contributed by atoms with Gasteiger partial charge in [0.25, 0.3) is 0 Å². The van der Waals surface area contributed by atoms with E-state index in [1.54, 1.807) is 13.8 Å². The summed E-state index contributed by atoms with van der Waals surface area (Å²) in [5.74, 6) is 0. The van der Waals surface area contributed by atoms with Gasteiger partial charge in [-0.2, -0.15) is 13.2 Å². The summed E-state index contributed by atoms with van der Waals surface area (Å²) < 4.78 is 65.0. The molecule has 2 N–H and O–H groups in total. The van der Waals surface area contributed by atoms with Gasteiger partial charge in [0, 0.05) is 23.1 Å². The number of hydrogen-bond donors (Lipinski definition) is 2. The molecule has 1 aromatic carbocycles. The fraction of sp³-hybridized carbons (Fsp3) is 0.333. The molecule has 0 aliphatic heterocycles. The molecule has 0 amide bonds. The molecule has 1 aromatic heterocycles. The van der Waals surface area contributed by atoms with Crippen LogP contribution in [-0.2, 0) is 16.2 Å². The number of aromatic nitrogens is 1. The summed E-state index contributed by atoms with van der Waals surface area (Å²) in [5, 5.41) is 0.228. The number of aromatic amines is 1. The highest BCUT2D eigenvalue weighted by Gasteiger charge is 2.33. The molecular weight excluding hydrogens is 293 g/mol. The van der Waals surface area contributed by atoms with Crippen molar-refractivity contribution in [3.05, 3.63) is 30.0 Å². The summed E-state index contributed by atoms with van der Waals surface area (Å²) in [5.41, 5.74) is -0.875. The zero-order chi connectivity index (χ0) is 15.1. The van der Waals surface area contributed by atoms with Crippen molar-refractivity contribution >= 4 is 20.9 Å². The van der Waals surface area contributed by atoms with Gasteiger partial charge in [-0.1, -0.05) is 0 Å². The third-order valence-electron chi connectivity index (χ3n) is 2.64.